The number of hydrogen-bond donors (Lipinski definition) is 2. The second kappa shape index (κ2) is 11.9. The highest BCUT2D eigenvalue weighted by Crippen LogP contribution is 2.25. The van der Waals surface area contributed by atoms with E-state index in [1.54, 1.807) is 30.3 Å². The van der Waals surface area contributed by atoms with Crippen LogP contribution in [0.3, 0.4) is 0 Å². The van der Waals surface area contributed by atoms with E-state index in [0.717, 1.165) is 10.0 Å². The van der Waals surface area contributed by atoms with Crippen molar-refractivity contribution in [2.24, 2.45) is 11.0 Å². The minimum absolute atomic E-state index is 0.180. The summed E-state index contributed by atoms with van der Waals surface area (Å²) in [4.78, 5) is 25.1. The first-order chi connectivity index (χ1) is 14.7. The van der Waals surface area contributed by atoms with Gasteiger partial charge in [0.15, 0.2) is 0 Å². The largest absolute Gasteiger partial charge is 0.488 e. The lowest BCUT2D eigenvalue weighted by molar-refractivity contribution is -0.123. The zero-order chi connectivity index (χ0) is 23.0. The molecule has 0 bridgehead atoms. The monoisotopic (exact) mass is 525 g/mol. The van der Waals surface area contributed by atoms with Crippen LogP contribution in [0.4, 0.5) is 0 Å². The fourth-order valence-electron chi connectivity index (χ4n) is 2.53. The van der Waals surface area contributed by atoms with Gasteiger partial charge in [-0.3, -0.25) is 9.59 Å². The number of hydrazone groups is 1. The molecular weight excluding hydrogens is 505 g/mol. The predicted molar refractivity (Wildman–Crippen MR) is 128 cm³/mol. The number of carbonyl (C=O) groups is 2. The molecule has 0 aliphatic carbocycles. The van der Waals surface area contributed by atoms with Crippen molar-refractivity contribution < 1.29 is 14.3 Å². The Labute approximate surface area is 199 Å². The Balaban J connectivity index is 2.03. The summed E-state index contributed by atoms with van der Waals surface area (Å²) in [6.07, 6.45) is 3.15. The quantitative estimate of drug-likeness (QED) is 0.267. The summed E-state index contributed by atoms with van der Waals surface area (Å²) in [5.74, 6) is -0.432. The lowest BCUT2D eigenvalue weighted by atomic mass is 10.0. The molecule has 0 saturated heterocycles. The summed E-state index contributed by atoms with van der Waals surface area (Å²) in [5, 5.41) is 7.31. The molecular formula is C22H22BrCl2N3O3. The van der Waals surface area contributed by atoms with E-state index in [1.165, 1.54) is 18.3 Å². The number of nitrogens with one attached hydrogen (secondary N) is 2. The summed E-state index contributed by atoms with van der Waals surface area (Å²) in [6, 6.07) is 9.11. The minimum atomic E-state index is -0.808. The highest BCUT2D eigenvalue weighted by atomic mass is 79.9. The van der Waals surface area contributed by atoms with Crippen LogP contribution >= 0.6 is 39.1 Å². The SMILES string of the molecule is C=CCOc1ccc(/C=N\NC(=O)C(NC(=O)c2ccc(Cl)cc2Cl)C(C)C)cc1Br. The van der Waals surface area contributed by atoms with Crippen molar-refractivity contribution in [2.45, 2.75) is 19.9 Å². The zero-order valence-electron chi connectivity index (χ0n) is 17.0. The molecule has 0 saturated carbocycles. The molecule has 2 aromatic rings. The fourth-order valence-corrected chi connectivity index (χ4v) is 3.54. The second-order valence-electron chi connectivity index (χ2n) is 6.84. The van der Waals surface area contributed by atoms with E-state index in [0.29, 0.717) is 17.4 Å². The summed E-state index contributed by atoms with van der Waals surface area (Å²) in [6.45, 7) is 7.64. The van der Waals surface area contributed by atoms with E-state index in [1.807, 2.05) is 13.8 Å². The summed E-state index contributed by atoms with van der Waals surface area (Å²) < 4.78 is 6.24. The van der Waals surface area contributed by atoms with Gasteiger partial charge in [0.25, 0.3) is 11.8 Å². The maximum atomic E-state index is 12.6. The molecule has 2 rings (SSSR count). The molecule has 1 unspecified atom stereocenters. The number of carbonyl (C=O) groups excluding carboxylic acids is 2. The zero-order valence-corrected chi connectivity index (χ0v) is 20.1. The van der Waals surface area contributed by atoms with Crippen LogP contribution < -0.4 is 15.5 Å². The average Bonchev–Trinajstić information content (AvgIpc) is 2.70. The first kappa shape index (κ1) is 24.9. The van der Waals surface area contributed by atoms with Crippen LogP contribution in [-0.4, -0.2) is 30.7 Å². The molecule has 1 atom stereocenters. The van der Waals surface area contributed by atoms with Crippen LogP contribution in [0.5, 0.6) is 5.75 Å². The summed E-state index contributed by atoms with van der Waals surface area (Å²) in [7, 11) is 0. The van der Waals surface area contributed by atoms with Crippen molar-refractivity contribution in [3.8, 4) is 5.75 Å². The highest BCUT2D eigenvalue weighted by molar-refractivity contribution is 9.10. The van der Waals surface area contributed by atoms with Crippen molar-refractivity contribution in [3.05, 3.63) is 74.7 Å². The van der Waals surface area contributed by atoms with Gasteiger partial charge in [-0.2, -0.15) is 5.10 Å². The van der Waals surface area contributed by atoms with E-state index in [-0.39, 0.29) is 16.5 Å². The van der Waals surface area contributed by atoms with Gasteiger partial charge in [0, 0.05) is 5.02 Å². The molecule has 0 spiro atoms. The molecule has 0 fully saturated rings. The number of nitrogens with zero attached hydrogens (tertiary/aromatic N) is 1. The van der Waals surface area contributed by atoms with Gasteiger partial charge in [-0.15, -0.1) is 0 Å². The highest BCUT2D eigenvalue weighted by Gasteiger charge is 2.25. The second-order valence-corrected chi connectivity index (χ2v) is 8.54. The number of ether oxygens (including phenoxy) is 1. The molecule has 0 aliphatic heterocycles. The number of halogens is 3. The maximum Gasteiger partial charge on any atom is 0.262 e. The average molecular weight is 527 g/mol. The molecule has 6 nitrogen and oxygen atoms in total. The van der Waals surface area contributed by atoms with Gasteiger partial charge in [-0.05, 0) is 63.8 Å². The van der Waals surface area contributed by atoms with E-state index in [4.69, 9.17) is 27.9 Å². The van der Waals surface area contributed by atoms with E-state index >= 15 is 0 Å². The fraction of sp³-hybridized carbons (Fsp3) is 0.227. The molecule has 0 aromatic heterocycles. The van der Waals surface area contributed by atoms with Gasteiger partial charge >= 0.3 is 0 Å². The molecule has 2 amide bonds. The third-order valence-electron chi connectivity index (χ3n) is 4.11. The van der Waals surface area contributed by atoms with Gasteiger partial charge in [-0.25, -0.2) is 5.43 Å². The van der Waals surface area contributed by atoms with Gasteiger partial charge < -0.3 is 10.1 Å². The van der Waals surface area contributed by atoms with Gasteiger partial charge in [-0.1, -0.05) is 49.7 Å². The lowest BCUT2D eigenvalue weighted by Crippen LogP contribution is -2.48. The van der Waals surface area contributed by atoms with Crippen LogP contribution in [0, 0.1) is 5.92 Å². The number of amides is 2. The molecule has 164 valence electrons. The number of benzene rings is 2. The van der Waals surface area contributed by atoms with Crippen molar-refractivity contribution in [1.82, 2.24) is 10.7 Å². The topological polar surface area (TPSA) is 79.8 Å². The number of hydrogen-bond acceptors (Lipinski definition) is 4. The molecule has 2 aromatic carbocycles. The van der Waals surface area contributed by atoms with Gasteiger partial charge in [0.1, 0.15) is 18.4 Å². The smallest absolute Gasteiger partial charge is 0.262 e. The molecule has 2 N–H and O–H groups in total. The standard InChI is InChI=1S/C22H22BrCl2N3O3/c1-4-9-31-19-8-5-14(10-17(19)23)12-26-28-22(30)20(13(2)3)27-21(29)16-7-6-15(24)11-18(16)25/h4-8,10-13,20H,1,9H2,2-3H3,(H,27,29)(H,28,30)/b26-12-. The molecule has 0 radical (unpaired) electrons. The van der Waals surface area contributed by atoms with Crippen molar-refractivity contribution in [3.63, 3.8) is 0 Å². The molecule has 0 aliphatic rings. The Morgan fingerprint density at radius 3 is 2.58 bits per heavy atom. The van der Waals surface area contributed by atoms with Crippen LogP contribution in [0.25, 0.3) is 0 Å². The molecule has 0 heterocycles. The Bertz CT molecular complexity index is 996. The maximum absolute atomic E-state index is 12.6. The number of rotatable bonds is 9. The Morgan fingerprint density at radius 2 is 1.97 bits per heavy atom. The van der Waals surface area contributed by atoms with Crippen LogP contribution in [0.2, 0.25) is 10.0 Å². The third kappa shape index (κ3) is 7.38. The lowest BCUT2D eigenvalue weighted by Gasteiger charge is -2.20. The van der Waals surface area contributed by atoms with Crippen molar-refractivity contribution >= 4 is 57.2 Å². The minimum Gasteiger partial charge on any atom is -0.488 e. The Hall–Kier alpha value is -2.35. The van der Waals surface area contributed by atoms with E-state index < -0.39 is 17.9 Å². The van der Waals surface area contributed by atoms with Crippen LogP contribution in [-0.2, 0) is 4.79 Å². The Kier molecular flexibility index (Phi) is 9.55. The van der Waals surface area contributed by atoms with Crippen molar-refractivity contribution in [2.75, 3.05) is 6.61 Å². The van der Waals surface area contributed by atoms with Crippen LogP contribution in [0.1, 0.15) is 29.8 Å². The normalized spacial score (nSPS) is 11.9. The predicted octanol–water partition coefficient (Wildman–Crippen LogP) is 5.23. The molecule has 9 heteroatoms. The summed E-state index contributed by atoms with van der Waals surface area (Å²) >= 11 is 15.4. The summed E-state index contributed by atoms with van der Waals surface area (Å²) in [5.41, 5.74) is 3.44. The molecule has 31 heavy (non-hydrogen) atoms. The Morgan fingerprint density at radius 1 is 1.23 bits per heavy atom. The van der Waals surface area contributed by atoms with Gasteiger partial charge in [0.05, 0.1) is 21.3 Å². The first-order valence-electron chi connectivity index (χ1n) is 9.35. The first-order valence-corrected chi connectivity index (χ1v) is 10.9. The third-order valence-corrected chi connectivity index (χ3v) is 5.28. The van der Waals surface area contributed by atoms with Crippen LogP contribution in [0.15, 0.2) is 58.6 Å². The van der Waals surface area contributed by atoms with E-state index in [9.17, 15) is 9.59 Å². The van der Waals surface area contributed by atoms with Crippen molar-refractivity contribution in [1.29, 1.82) is 0 Å². The van der Waals surface area contributed by atoms with E-state index in [2.05, 4.69) is 38.4 Å². The van der Waals surface area contributed by atoms with Gasteiger partial charge in [0.2, 0.25) is 0 Å².